The van der Waals surface area contributed by atoms with E-state index in [9.17, 15) is 13.5 Å². The molecular weight excluding hydrogens is 256 g/mol. The van der Waals surface area contributed by atoms with E-state index in [4.69, 9.17) is 20.2 Å². The van der Waals surface area contributed by atoms with Gasteiger partial charge in [-0.15, -0.1) is 0 Å². The molecule has 2 rings (SSSR count). The van der Waals surface area contributed by atoms with E-state index in [1.807, 2.05) is 0 Å². The fraction of sp³-hybridized carbons (Fsp3) is 0.333. The molecule has 7 heteroatoms. The lowest BCUT2D eigenvalue weighted by Crippen LogP contribution is -2.17. The fourth-order valence-corrected chi connectivity index (χ4v) is 2.44. The molecule has 16 heavy (non-hydrogen) atoms. The zero-order chi connectivity index (χ0) is 11.8. The molecule has 0 radical (unpaired) electrons. The molecular formula is C9H9ClO5S. The van der Waals surface area contributed by atoms with Gasteiger partial charge in [0.2, 0.25) is 9.05 Å². The standard InChI is InChI=1S/C9H9ClO5S/c10-16(12,13)5-6-3-7(11)4-8-9(6)15-2-1-14-8/h3-4,11H,1-2,5H2. The molecule has 0 fully saturated rings. The molecule has 0 aromatic heterocycles. The summed E-state index contributed by atoms with van der Waals surface area (Å²) in [6.07, 6.45) is 0. The van der Waals surface area contributed by atoms with Crippen molar-refractivity contribution < 1.29 is 23.0 Å². The number of hydrogen-bond donors (Lipinski definition) is 1. The van der Waals surface area contributed by atoms with Crippen LogP contribution in [0.2, 0.25) is 0 Å². The molecule has 1 aromatic carbocycles. The second-order valence-electron chi connectivity index (χ2n) is 3.31. The number of phenols is 1. The van der Waals surface area contributed by atoms with Gasteiger partial charge in [-0.1, -0.05) is 0 Å². The Morgan fingerprint density at radius 3 is 2.69 bits per heavy atom. The molecule has 0 spiro atoms. The molecule has 1 aliphatic heterocycles. The first-order valence-corrected chi connectivity index (χ1v) is 6.97. The van der Waals surface area contributed by atoms with E-state index in [1.165, 1.54) is 12.1 Å². The van der Waals surface area contributed by atoms with Gasteiger partial charge < -0.3 is 14.6 Å². The monoisotopic (exact) mass is 264 g/mol. The van der Waals surface area contributed by atoms with Crippen LogP contribution in [-0.4, -0.2) is 26.7 Å². The van der Waals surface area contributed by atoms with Crippen molar-refractivity contribution in [2.75, 3.05) is 13.2 Å². The van der Waals surface area contributed by atoms with Gasteiger partial charge >= 0.3 is 0 Å². The first-order valence-electron chi connectivity index (χ1n) is 4.49. The van der Waals surface area contributed by atoms with Gasteiger partial charge in [0.15, 0.2) is 11.5 Å². The number of fused-ring (bicyclic) bond motifs is 1. The van der Waals surface area contributed by atoms with Gasteiger partial charge in [0.1, 0.15) is 19.0 Å². The van der Waals surface area contributed by atoms with E-state index in [-0.39, 0.29) is 5.75 Å². The van der Waals surface area contributed by atoms with Gasteiger partial charge in [-0.3, -0.25) is 0 Å². The molecule has 0 amide bonds. The third kappa shape index (κ3) is 2.51. The van der Waals surface area contributed by atoms with E-state index in [0.29, 0.717) is 30.3 Å². The summed E-state index contributed by atoms with van der Waals surface area (Å²) in [4.78, 5) is 0. The summed E-state index contributed by atoms with van der Waals surface area (Å²) in [5.74, 6) is 0.170. The number of phenolic OH excluding ortho intramolecular Hbond substituents is 1. The number of benzene rings is 1. The highest BCUT2D eigenvalue weighted by atomic mass is 35.7. The maximum atomic E-state index is 11.0. The topological polar surface area (TPSA) is 72.8 Å². The lowest BCUT2D eigenvalue weighted by atomic mass is 10.2. The SMILES string of the molecule is O=S(=O)(Cl)Cc1cc(O)cc2c1OCCO2. The van der Waals surface area contributed by atoms with Gasteiger partial charge in [-0.2, -0.15) is 0 Å². The Kier molecular flexibility index (Phi) is 2.86. The Labute approximate surface area is 97.0 Å². The van der Waals surface area contributed by atoms with Crippen LogP contribution >= 0.6 is 10.7 Å². The lowest BCUT2D eigenvalue weighted by Gasteiger charge is -2.20. The molecule has 0 unspecified atom stereocenters. The minimum atomic E-state index is -3.70. The summed E-state index contributed by atoms with van der Waals surface area (Å²) in [5.41, 5.74) is 0.296. The molecule has 0 saturated carbocycles. The largest absolute Gasteiger partial charge is 0.508 e. The second-order valence-corrected chi connectivity index (χ2v) is 6.09. The second kappa shape index (κ2) is 4.03. The van der Waals surface area contributed by atoms with Crippen LogP contribution in [0.4, 0.5) is 0 Å². The molecule has 0 bridgehead atoms. The van der Waals surface area contributed by atoms with Crippen molar-refractivity contribution in [2.24, 2.45) is 0 Å². The zero-order valence-electron chi connectivity index (χ0n) is 8.14. The van der Waals surface area contributed by atoms with Crippen molar-refractivity contribution >= 4 is 19.7 Å². The van der Waals surface area contributed by atoms with E-state index in [2.05, 4.69) is 0 Å². The number of ether oxygens (including phenoxy) is 2. The molecule has 1 N–H and O–H groups in total. The summed E-state index contributed by atoms with van der Waals surface area (Å²) in [6.45, 7) is 0.705. The van der Waals surface area contributed by atoms with E-state index in [0.717, 1.165) is 0 Å². The predicted octanol–water partition coefficient (Wildman–Crippen LogP) is 1.23. The highest BCUT2D eigenvalue weighted by molar-refractivity contribution is 8.13. The summed E-state index contributed by atoms with van der Waals surface area (Å²) in [6, 6.07) is 2.67. The van der Waals surface area contributed by atoms with Crippen LogP contribution in [0.1, 0.15) is 5.56 Å². The van der Waals surface area contributed by atoms with E-state index in [1.54, 1.807) is 0 Å². The minimum absolute atomic E-state index is 0.0837. The Morgan fingerprint density at radius 2 is 2.00 bits per heavy atom. The highest BCUT2D eigenvalue weighted by Gasteiger charge is 2.20. The smallest absolute Gasteiger partial charge is 0.236 e. The summed E-state index contributed by atoms with van der Waals surface area (Å²) in [5, 5.41) is 9.39. The lowest BCUT2D eigenvalue weighted by molar-refractivity contribution is 0.169. The van der Waals surface area contributed by atoms with Crippen molar-refractivity contribution in [1.82, 2.24) is 0 Å². The summed E-state index contributed by atoms with van der Waals surface area (Å²) in [7, 11) is 1.45. The van der Waals surface area contributed by atoms with Gasteiger partial charge in [0.05, 0.1) is 5.75 Å². The Hall–Kier alpha value is -1.14. The van der Waals surface area contributed by atoms with Crippen LogP contribution in [-0.2, 0) is 14.8 Å². The van der Waals surface area contributed by atoms with Crippen molar-refractivity contribution in [3.05, 3.63) is 17.7 Å². The van der Waals surface area contributed by atoms with Gasteiger partial charge in [-0.05, 0) is 6.07 Å². The molecule has 0 aliphatic carbocycles. The first-order chi connectivity index (χ1) is 7.46. The Bertz CT molecular complexity index is 511. The number of rotatable bonds is 2. The maximum absolute atomic E-state index is 11.0. The minimum Gasteiger partial charge on any atom is -0.508 e. The van der Waals surface area contributed by atoms with E-state index < -0.39 is 14.8 Å². The molecule has 88 valence electrons. The molecule has 0 saturated heterocycles. The summed E-state index contributed by atoms with van der Waals surface area (Å²) < 4.78 is 32.5. The summed E-state index contributed by atoms with van der Waals surface area (Å²) >= 11 is 0. The van der Waals surface area contributed by atoms with Crippen LogP contribution in [0.3, 0.4) is 0 Å². The van der Waals surface area contributed by atoms with Crippen LogP contribution in [0.5, 0.6) is 17.2 Å². The van der Waals surface area contributed by atoms with Crippen LogP contribution in [0, 0.1) is 0 Å². The molecule has 5 nitrogen and oxygen atoms in total. The molecule has 1 aliphatic rings. The number of hydrogen-bond acceptors (Lipinski definition) is 5. The quantitative estimate of drug-likeness (QED) is 0.814. The zero-order valence-corrected chi connectivity index (χ0v) is 9.71. The van der Waals surface area contributed by atoms with Crippen LogP contribution < -0.4 is 9.47 Å². The highest BCUT2D eigenvalue weighted by Crippen LogP contribution is 2.38. The predicted molar refractivity (Wildman–Crippen MR) is 57.6 cm³/mol. The van der Waals surface area contributed by atoms with Gasteiger partial charge in [-0.25, -0.2) is 8.42 Å². The Balaban J connectivity index is 2.47. The number of halogens is 1. The van der Waals surface area contributed by atoms with Crippen molar-refractivity contribution in [1.29, 1.82) is 0 Å². The average molecular weight is 265 g/mol. The van der Waals surface area contributed by atoms with Crippen molar-refractivity contribution in [2.45, 2.75) is 5.75 Å². The third-order valence-electron chi connectivity index (χ3n) is 2.03. The van der Waals surface area contributed by atoms with E-state index >= 15 is 0 Å². The van der Waals surface area contributed by atoms with Crippen LogP contribution in [0.15, 0.2) is 12.1 Å². The van der Waals surface area contributed by atoms with Crippen molar-refractivity contribution in [3.8, 4) is 17.2 Å². The number of aromatic hydroxyl groups is 1. The fourth-order valence-electron chi connectivity index (χ4n) is 1.50. The Morgan fingerprint density at radius 1 is 1.31 bits per heavy atom. The third-order valence-corrected chi connectivity index (χ3v) is 3.01. The van der Waals surface area contributed by atoms with Gasteiger partial charge in [0.25, 0.3) is 0 Å². The van der Waals surface area contributed by atoms with Gasteiger partial charge in [0, 0.05) is 22.3 Å². The average Bonchev–Trinajstić information content (AvgIpc) is 2.14. The van der Waals surface area contributed by atoms with Crippen LogP contribution in [0.25, 0.3) is 0 Å². The molecule has 1 heterocycles. The molecule has 1 aromatic rings. The van der Waals surface area contributed by atoms with Crippen molar-refractivity contribution in [3.63, 3.8) is 0 Å². The molecule has 0 atom stereocenters. The maximum Gasteiger partial charge on any atom is 0.236 e. The normalized spacial score (nSPS) is 14.8. The first kappa shape index (κ1) is 11.3.